The summed E-state index contributed by atoms with van der Waals surface area (Å²) in [5.74, 6) is -1.96. The smallest absolute Gasteiger partial charge is 0.321 e. The maximum Gasteiger partial charge on any atom is 0.321 e. The van der Waals surface area contributed by atoms with E-state index in [1.807, 2.05) is 0 Å². The number of benzene rings is 2. The number of likely N-dealkylation sites (N-methyl/N-ethyl adjacent to an activating group) is 1. The third kappa shape index (κ3) is 5.60. The summed E-state index contributed by atoms with van der Waals surface area (Å²) in [6, 6.07) is 12.9. The van der Waals surface area contributed by atoms with Crippen molar-refractivity contribution in [3.63, 3.8) is 0 Å². The number of para-hydroxylation sites is 1. The Balaban J connectivity index is 1.91. The summed E-state index contributed by atoms with van der Waals surface area (Å²) in [4.78, 5) is 25.3. The highest BCUT2D eigenvalue weighted by Crippen LogP contribution is 2.13. The summed E-state index contributed by atoms with van der Waals surface area (Å²) in [5, 5.41) is 0. The van der Waals surface area contributed by atoms with E-state index >= 15 is 0 Å². The van der Waals surface area contributed by atoms with Crippen molar-refractivity contribution in [2.45, 2.75) is 17.9 Å². The molecule has 0 saturated heterocycles. The number of nitrogens with one attached hydrogen (secondary N) is 1. The molecule has 0 saturated carbocycles. The molecule has 0 aromatic heterocycles. The Bertz CT molecular complexity index is 901. The van der Waals surface area contributed by atoms with Crippen LogP contribution in [0.2, 0.25) is 0 Å². The van der Waals surface area contributed by atoms with E-state index in [9.17, 15) is 22.4 Å². The first-order valence-corrected chi connectivity index (χ1v) is 9.46. The number of carbonyl (C=O) groups is 2. The van der Waals surface area contributed by atoms with E-state index in [-0.39, 0.29) is 4.90 Å². The minimum absolute atomic E-state index is 0.190. The first kappa shape index (κ1) is 20.5. The van der Waals surface area contributed by atoms with Crippen LogP contribution in [0.4, 0.5) is 10.1 Å². The van der Waals surface area contributed by atoms with Crippen molar-refractivity contribution in [3.05, 3.63) is 60.4 Å². The van der Waals surface area contributed by atoms with Crippen molar-refractivity contribution in [2.75, 3.05) is 18.5 Å². The predicted molar refractivity (Wildman–Crippen MR) is 97.0 cm³/mol. The number of amides is 1. The Hall–Kier alpha value is -2.78. The average molecular weight is 394 g/mol. The van der Waals surface area contributed by atoms with E-state index in [4.69, 9.17) is 4.74 Å². The van der Waals surface area contributed by atoms with Gasteiger partial charge in [-0.05, 0) is 43.3 Å². The van der Waals surface area contributed by atoms with Gasteiger partial charge in [0, 0.05) is 12.7 Å². The van der Waals surface area contributed by atoms with Crippen molar-refractivity contribution in [2.24, 2.45) is 0 Å². The van der Waals surface area contributed by atoms with Crippen LogP contribution in [0.1, 0.15) is 6.92 Å². The minimum atomic E-state index is -4.00. The molecule has 0 spiro atoms. The number of hydrogen-bond acceptors (Lipinski definition) is 5. The zero-order valence-corrected chi connectivity index (χ0v) is 15.6. The summed E-state index contributed by atoms with van der Waals surface area (Å²) >= 11 is 0. The third-order valence-electron chi connectivity index (χ3n) is 3.66. The fraction of sp³-hybridized carbons (Fsp3) is 0.222. The molecule has 0 bridgehead atoms. The molecule has 7 nitrogen and oxygen atoms in total. The molecule has 1 atom stereocenters. The van der Waals surface area contributed by atoms with Crippen molar-refractivity contribution >= 4 is 27.6 Å². The van der Waals surface area contributed by atoms with Crippen LogP contribution in [-0.2, 0) is 24.3 Å². The molecule has 0 aliphatic carbocycles. The van der Waals surface area contributed by atoms with Gasteiger partial charge in [-0.25, -0.2) is 12.8 Å². The lowest BCUT2D eigenvalue weighted by atomic mass is 10.2. The lowest BCUT2D eigenvalue weighted by Gasteiger charge is -2.21. The fourth-order valence-corrected chi connectivity index (χ4v) is 3.16. The summed E-state index contributed by atoms with van der Waals surface area (Å²) in [7, 11) is -2.46. The standard InChI is InChI=1S/C18H19FN2O5S/c1-13(18(23)21(2)15-6-4-3-5-7-15)26-17(22)12-20-27(24,25)16-10-8-14(19)9-11-16/h3-11,13,20H,12H2,1-2H3/t13-/m0/s1. The van der Waals surface area contributed by atoms with E-state index in [1.165, 1.54) is 11.8 Å². The Morgan fingerprint density at radius 1 is 1.11 bits per heavy atom. The van der Waals surface area contributed by atoms with Gasteiger partial charge in [0.15, 0.2) is 6.10 Å². The van der Waals surface area contributed by atoms with Gasteiger partial charge in [0.2, 0.25) is 10.0 Å². The van der Waals surface area contributed by atoms with Gasteiger partial charge in [0.25, 0.3) is 5.91 Å². The number of rotatable bonds is 7. The molecule has 0 aliphatic heterocycles. The van der Waals surface area contributed by atoms with Gasteiger partial charge in [-0.15, -0.1) is 0 Å². The Labute approximate surface area is 156 Å². The monoisotopic (exact) mass is 394 g/mol. The van der Waals surface area contributed by atoms with Crippen molar-refractivity contribution < 1.29 is 27.1 Å². The number of halogens is 1. The normalized spacial score (nSPS) is 12.3. The molecule has 1 amide bonds. The van der Waals surface area contributed by atoms with Crippen LogP contribution in [0.3, 0.4) is 0 Å². The van der Waals surface area contributed by atoms with E-state index in [0.717, 1.165) is 24.3 Å². The quantitative estimate of drug-likeness (QED) is 0.722. The second kappa shape index (κ2) is 8.74. The lowest BCUT2D eigenvalue weighted by Crippen LogP contribution is -2.39. The maximum atomic E-state index is 12.9. The van der Waals surface area contributed by atoms with Crippen molar-refractivity contribution in [1.82, 2.24) is 4.72 Å². The second-order valence-electron chi connectivity index (χ2n) is 5.64. The van der Waals surface area contributed by atoms with Gasteiger partial charge in [-0.3, -0.25) is 9.59 Å². The number of nitrogens with zero attached hydrogens (tertiary/aromatic N) is 1. The zero-order valence-electron chi connectivity index (χ0n) is 14.8. The molecular weight excluding hydrogens is 375 g/mol. The molecule has 144 valence electrons. The van der Waals surface area contributed by atoms with Gasteiger partial charge in [0.05, 0.1) is 4.90 Å². The van der Waals surface area contributed by atoms with E-state index in [0.29, 0.717) is 5.69 Å². The summed E-state index contributed by atoms with van der Waals surface area (Å²) in [5.41, 5.74) is 0.627. The van der Waals surface area contributed by atoms with Gasteiger partial charge < -0.3 is 9.64 Å². The van der Waals surface area contributed by atoms with Crippen molar-refractivity contribution in [3.8, 4) is 0 Å². The molecule has 0 unspecified atom stereocenters. The van der Waals surface area contributed by atoms with Crippen LogP contribution >= 0.6 is 0 Å². The summed E-state index contributed by atoms with van der Waals surface area (Å²) in [6.45, 7) is 0.737. The number of esters is 1. The summed E-state index contributed by atoms with van der Waals surface area (Å²) < 4.78 is 44.0. The predicted octanol–water partition coefficient (Wildman–Crippen LogP) is 1.70. The highest BCUT2D eigenvalue weighted by molar-refractivity contribution is 7.89. The van der Waals surface area contributed by atoms with Gasteiger partial charge in [-0.1, -0.05) is 18.2 Å². The Morgan fingerprint density at radius 2 is 1.70 bits per heavy atom. The number of hydrogen-bond donors (Lipinski definition) is 1. The number of anilines is 1. The van der Waals surface area contributed by atoms with Crippen LogP contribution < -0.4 is 9.62 Å². The summed E-state index contributed by atoms with van der Waals surface area (Å²) in [6.07, 6.45) is -1.10. The number of carbonyl (C=O) groups excluding carboxylic acids is 2. The molecule has 2 aromatic carbocycles. The van der Waals surface area contributed by atoms with Crippen LogP contribution in [-0.4, -0.2) is 40.0 Å². The molecule has 27 heavy (non-hydrogen) atoms. The van der Waals surface area contributed by atoms with Crippen LogP contribution in [0.25, 0.3) is 0 Å². The molecule has 9 heteroatoms. The highest BCUT2D eigenvalue weighted by atomic mass is 32.2. The molecule has 1 N–H and O–H groups in total. The minimum Gasteiger partial charge on any atom is -0.452 e. The maximum absolute atomic E-state index is 12.9. The van der Waals surface area contributed by atoms with Gasteiger partial charge in [0.1, 0.15) is 12.4 Å². The molecular formula is C18H19FN2O5S. The lowest BCUT2D eigenvalue weighted by molar-refractivity contribution is -0.152. The molecule has 2 aromatic rings. The SMILES string of the molecule is C[C@H](OC(=O)CNS(=O)(=O)c1ccc(F)cc1)C(=O)N(C)c1ccccc1. The molecule has 0 heterocycles. The topological polar surface area (TPSA) is 92.8 Å². The Morgan fingerprint density at radius 3 is 2.30 bits per heavy atom. The van der Waals surface area contributed by atoms with Gasteiger partial charge in [-0.2, -0.15) is 4.72 Å². The van der Waals surface area contributed by atoms with Crippen molar-refractivity contribution in [1.29, 1.82) is 0 Å². The molecule has 0 fully saturated rings. The van der Waals surface area contributed by atoms with E-state index < -0.39 is 40.4 Å². The van der Waals surface area contributed by atoms with E-state index in [2.05, 4.69) is 4.72 Å². The Kier molecular flexibility index (Phi) is 6.65. The van der Waals surface area contributed by atoms with Crippen LogP contribution in [0, 0.1) is 5.82 Å². The zero-order chi connectivity index (χ0) is 20.0. The van der Waals surface area contributed by atoms with Gasteiger partial charge >= 0.3 is 5.97 Å². The molecule has 2 rings (SSSR count). The van der Waals surface area contributed by atoms with Crippen LogP contribution in [0.15, 0.2) is 59.5 Å². The fourth-order valence-electron chi connectivity index (χ4n) is 2.19. The van der Waals surface area contributed by atoms with Crippen LogP contribution in [0.5, 0.6) is 0 Å². The first-order chi connectivity index (χ1) is 12.7. The number of ether oxygens (including phenoxy) is 1. The first-order valence-electron chi connectivity index (χ1n) is 7.98. The molecule has 0 aliphatic rings. The average Bonchev–Trinajstić information content (AvgIpc) is 2.66. The number of sulfonamides is 1. The molecule has 0 radical (unpaired) electrons. The van der Waals surface area contributed by atoms with E-state index in [1.54, 1.807) is 37.4 Å². The largest absolute Gasteiger partial charge is 0.452 e. The highest BCUT2D eigenvalue weighted by Gasteiger charge is 2.23. The third-order valence-corrected chi connectivity index (χ3v) is 5.08. The second-order valence-corrected chi connectivity index (χ2v) is 7.41.